The maximum Gasteiger partial charge on any atom is 0.397 e. The monoisotopic (exact) mass is 534 g/mol. The molecule has 0 aromatic rings. The molecule has 0 saturated heterocycles. The highest BCUT2D eigenvalue weighted by molar-refractivity contribution is 6.80. The summed E-state index contributed by atoms with van der Waals surface area (Å²) >= 11 is 4.82. The van der Waals surface area contributed by atoms with Gasteiger partial charge in [0.1, 0.15) is 23.3 Å². The van der Waals surface area contributed by atoms with Gasteiger partial charge >= 0.3 is 35.0 Å². The third-order valence-electron chi connectivity index (χ3n) is 2.62. The minimum absolute atomic E-state index is 0. The number of rotatable bonds is 4. The van der Waals surface area contributed by atoms with Crippen molar-refractivity contribution in [3.8, 4) is 0 Å². The third kappa shape index (κ3) is 24.2. The lowest BCUT2D eigenvalue weighted by atomic mass is 10.2. The summed E-state index contributed by atoms with van der Waals surface area (Å²) in [5.41, 5.74) is 3.67. The molecule has 0 aromatic heterocycles. The van der Waals surface area contributed by atoms with Gasteiger partial charge in [0.25, 0.3) is 0 Å². The van der Waals surface area contributed by atoms with Crippen molar-refractivity contribution in [1.29, 1.82) is 0 Å². The Kier molecular flexibility index (Phi) is 20.5. The van der Waals surface area contributed by atoms with E-state index in [1.807, 2.05) is 0 Å². The van der Waals surface area contributed by atoms with Crippen molar-refractivity contribution in [3.05, 3.63) is 0 Å². The highest BCUT2D eigenvalue weighted by atomic mass is 35.5. The van der Waals surface area contributed by atoms with Gasteiger partial charge in [-0.3, -0.25) is 14.4 Å². The minimum atomic E-state index is -1.09. The summed E-state index contributed by atoms with van der Waals surface area (Å²) in [7, 11) is 2.50. The SMILES string of the molecule is CC(C)(C)OC(=O)C(=O)Cl.COC(=O)[C@H](C)N.COC(=O)[C@H](C)NC(=O)C(=O)OC(C)(C)C.Cl. The summed E-state index contributed by atoms with van der Waals surface area (Å²) in [6, 6.07) is -1.38. The van der Waals surface area contributed by atoms with E-state index in [9.17, 15) is 28.8 Å². The van der Waals surface area contributed by atoms with Crippen molar-refractivity contribution < 1.29 is 47.7 Å². The molecule has 0 bridgehead atoms. The van der Waals surface area contributed by atoms with Gasteiger partial charge in [-0.05, 0) is 67.0 Å². The molecular formula is C20H36Cl2N2O10. The predicted octanol–water partition coefficient (Wildman–Crippen LogP) is 1.03. The first kappa shape index (κ1) is 38.8. The van der Waals surface area contributed by atoms with Crippen molar-refractivity contribution in [3.63, 3.8) is 0 Å². The summed E-state index contributed by atoms with van der Waals surface area (Å²) in [5, 5.41) is 1.08. The number of esters is 4. The van der Waals surface area contributed by atoms with Crippen LogP contribution in [-0.2, 0) is 47.7 Å². The van der Waals surface area contributed by atoms with E-state index in [4.69, 9.17) is 22.1 Å². The number of carbonyl (C=O) groups excluding carboxylic acids is 6. The molecule has 0 aliphatic carbocycles. The van der Waals surface area contributed by atoms with Gasteiger partial charge in [-0.15, -0.1) is 12.4 Å². The van der Waals surface area contributed by atoms with Gasteiger partial charge in [-0.1, -0.05) is 0 Å². The van der Waals surface area contributed by atoms with Gasteiger partial charge in [-0.25, -0.2) is 14.4 Å². The highest BCUT2D eigenvalue weighted by Gasteiger charge is 2.26. The zero-order chi connectivity index (χ0) is 27.2. The van der Waals surface area contributed by atoms with E-state index in [1.165, 1.54) is 21.1 Å². The Morgan fingerprint density at radius 2 is 1.12 bits per heavy atom. The van der Waals surface area contributed by atoms with E-state index in [1.54, 1.807) is 48.5 Å². The van der Waals surface area contributed by atoms with Gasteiger partial charge in [0, 0.05) is 0 Å². The van der Waals surface area contributed by atoms with Crippen molar-refractivity contribution in [2.45, 2.75) is 78.7 Å². The fourth-order valence-electron chi connectivity index (χ4n) is 1.32. The smallest absolute Gasteiger partial charge is 0.397 e. The molecule has 0 aliphatic heterocycles. The van der Waals surface area contributed by atoms with Crippen LogP contribution in [0.3, 0.4) is 0 Å². The number of amides is 1. The maximum absolute atomic E-state index is 11.3. The molecule has 200 valence electrons. The topological polar surface area (TPSA) is 177 Å². The number of hydrogen-bond acceptors (Lipinski definition) is 11. The molecule has 0 rings (SSSR count). The Morgan fingerprint density at radius 1 is 0.765 bits per heavy atom. The summed E-state index contributed by atoms with van der Waals surface area (Å²) in [6.07, 6.45) is 0. The molecule has 12 nitrogen and oxygen atoms in total. The van der Waals surface area contributed by atoms with Crippen molar-refractivity contribution in [2.24, 2.45) is 5.73 Å². The second-order valence-corrected chi connectivity index (χ2v) is 8.65. The molecule has 0 unspecified atom stereocenters. The van der Waals surface area contributed by atoms with Crippen molar-refractivity contribution >= 4 is 59.0 Å². The molecule has 0 aromatic carbocycles. The van der Waals surface area contributed by atoms with Crippen LogP contribution in [0.25, 0.3) is 0 Å². The van der Waals surface area contributed by atoms with E-state index >= 15 is 0 Å². The van der Waals surface area contributed by atoms with Gasteiger partial charge in [0.05, 0.1) is 14.2 Å². The fourth-order valence-corrected chi connectivity index (χ4v) is 1.36. The number of methoxy groups -OCH3 is 2. The van der Waals surface area contributed by atoms with E-state index in [2.05, 4.69) is 19.5 Å². The molecule has 34 heavy (non-hydrogen) atoms. The molecule has 0 radical (unpaired) electrons. The van der Waals surface area contributed by atoms with Gasteiger partial charge in [0.2, 0.25) is 0 Å². The highest BCUT2D eigenvalue weighted by Crippen LogP contribution is 2.07. The number of carbonyl (C=O) groups is 6. The number of nitrogens with one attached hydrogen (secondary N) is 1. The van der Waals surface area contributed by atoms with E-state index < -0.39 is 52.3 Å². The Bertz CT molecular complexity index is 698. The van der Waals surface area contributed by atoms with E-state index in [0.29, 0.717) is 0 Å². The van der Waals surface area contributed by atoms with Crippen LogP contribution in [0.15, 0.2) is 0 Å². The zero-order valence-electron chi connectivity index (χ0n) is 21.1. The first-order valence-corrected chi connectivity index (χ1v) is 9.94. The number of ether oxygens (including phenoxy) is 4. The summed E-state index contributed by atoms with van der Waals surface area (Å²) in [5.74, 6) is -4.00. The van der Waals surface area contributed by atoms with Crippen LogP contribution >= 0.6 is 24.0 Å². The molecule has 3 N–H and O–H groups in total. The zero-order valence-corrected chi connectivity index (χ0v) is 22.7. The molecule has 1 amide bonds. The summed E-state index contributed by atoms with van der Waals surface area (Å²) in [6.45, 7) is 12.9. The second-order valence-electron chi connectivity index (χ2n) is 8.31. The second kappa shape index (κ2) is 18.0. The molecular weight excluding hydrogens is 499 g/mol. The van der Waals surface area contributed by atoms with Gasteiger partial charge in [-0.2, -0.15) is 0 Å². The van der Waals surface area contributed by atoms with E-state index in [-0.39, 0.29) is 18.4 Å². The third-order valence-corrected chi connectivity index (χ3v) is 2.77. The molecule has 0 heterocycles. The average Bonchev–Trinajstić information content (AvgIpc) is 2.64. The van der Waals surface area contributed by atoms with Gasteiger partial charge in [0.15, 0.2) is 0 Å². The predicted molar refractivity (Wildman–Crippen MR) is 125 cm³/mol. The Labute approximate surface area is 210 Å². The summed E-state index contributed by atoms with van der Waals surface area (Å²) < 4.78 is 18.0. The number of hydrogen-bond donors (Lipinski definition) is 2. The largest absolute Gasteiger partial charge is 0.468 e. The van der Waals surface area contributed by atoms with Crippen LogP contribution in [0, 0.1) is 0 Å². The quantitative estimate of drug-likeness (QED) is 0.227. The lowest BCUT2D eigenvalue weighted by molar-refractivity contribution is -0.164. The Morgan fingerprint density at radius 3 is 1.32 bits per heavy atom. The average molecular weight is 535 g/mol. The molecule has 0 spiro atoms. The van der Waals surface area contributed by atoms with Crippen LogP contribution in [-0.4, -0.2) is 72.5 Å². The molecule has 2 atom stereocenters. The standard InChI is InChI=1S/C10H17NO5.C6H9ClO3.C4H9NO2.ClH/c1-6(8(13)15-5)11-7(12)9(14)16-10(2,3)4;1-6(2,3)10-5(9)4(7)8;1-3(5)4(6)7-2;/h6H,1-5H3,(H,11,12);1-3H3;3H,5H2,1-2H3;1H/t6-;;3-;/m0.0./s1. The van der Waals surface area contributed by atoms with Crippen molar-refractivity contribution in [1.82, 2.24) is 5.32 Å². The summed E-state index contributed by atoms with van der Waals surface area (Å²) in [4.78, 5) is 64.2. The normalized spacial score (nSPS) is 11.8. The van der Waals surface area contributed by atoms with Crippen LogP contribution in [0.1, 0.15) is 55.4 Å². The molecule has 0 aliphatic rings. The van der Waals surface area contributed by atoms with Crippen molar-refractivity contribution in [2.75, 3.05) is 14.2 Å². The van der Waals surface area contributed by atoms with Crippen LogP contribution < -0.4 is 11.1 Å². The fraction of sp³-hybridized carbons (Fsp3) is 0.700. The lowest BCUT2D eigenvalue weighted by Gasteiger charge is -2.19. The number of nitrogens with two attached hydrogens (primary N) is 1. The first-order chi connectivity index (χ1) is 14.7. The molecule has 0 fully saturated rings. The van der Waals surface area contributed by atoms with Crippen LogP contribution in [0.2, 0.25) is 0 Å². The molecule has 14 heteroatoms. The Hall–Kier alpha value is -2.44. The molecule has 0 saturated carbocycles. The maximum atomic E-state index is 11.3. The van der Waals surface area contributed by atoms with E-state index in [0.717, 1.165) is 0 Å². The lowest BCUT2D eigenvalue weighted by Crippen LogP contribution is -2.44. The first-order valence-electron chi connectivity index (χ1n) is 9.56. The van der Waals surface area contributed by atoms with Crippen LogP contribution in [0.4, 0.5) is 0 Å². The van der Waals surface area contributed by atoms with Gasteiger partial charge < -0.3 is 30.0 Å². The van der Waals surface area contributed by atoms with Crippen LogP contribution in [0.5, 0.6) is 0 Å². The minimum Gasteiger partial charge on any atom is -0.468 e. The Balaban J connectivity index is -0.000000215. The number of halogens is 2.